The second kappa shape index (κ2) is 5.35. The number of hydrogen-bond donors (Lipinski definition) is 1. The lowest BCUT2D eigenvalue weighted by Crippen LogP contribution is -2.27. The maximum atomic E-state index is 12.1. The van der Waals surface area contributed by atoms with Gasteiger partial charge in [0, 0.05) is 29.1 Å². The lowest BCUT2D eigenvalue weighted by Gasteiger charge is -2.18. The van der Waals surface area contributed by atoms with Crippen LogP contribution in [0.5, 0.6) is 0 Å². The topological polar surface area (TPSA) is 51.1 Å². The molecule has 0 saturated carbocycles. The fraction of sp³-hybridized carbons (Fsp3) is 0.412. The predicted molar refractivity (Wildman–Crippen MR) is 86.7 cm³/mol. The average Bonchev–Trinajstić information content (AvgIpc) is 2.37. The molecule has 1 N–H and O–H groups in total. The number of nitrogens with one attached hydrogen (secondary N) is 1. The van der Waals surface area contributed by atoms with Gasteiger partial charge in [0.1, 0.15) is 0 Å². The van der Waals surface area contributed by atoms with E-state index in [2.05, 4.69) is 5.32 Å². The van der Waals surface area contributed by atoms with E-state index in [4.69, 9.17) is 0 Å². The summed E-state index contributed by atoms with van der Waals surface area (Å²) in [5.41, 5.74) is 2.06. The quantitative estimate of drug-likeness (QED) is 0.920. The minimum absolute atomic E-state index is 0.0122. The molecule has 1 amide bonds. The minimum atomic E-state index is -0.452. The largest absolute Gasteiger partial charge is 0.326 e. The molecule has 1 heterocycles. The Morgan fingerprint density at radius 1 is 1.24 bits per heavy atom. The normalized spacial score (nSPS) is 11.7. The van der Waals surface area contributed by atoms with Crippen molar-refractivity contribution in [3.05, 3.63) is 40.2 Å². The summed E-state index contributed by atoms with van der Waals surface area (Å²) in [5, 5.41) is 3.94. The van der Waals surface area contributed by atoms with Crippen LogP contribution in [0.1, 0.15) is 33.3 Å². The number of nitrogens with zero attached hydrogens (tertiary/aromatic N) is 1. The van der Waals surface area contributed by atoms with Gasteiger partial charge in [-0.15, -0.1) is 0 Å². The monoisotopic (exact) mass is 286 g/mol. The molecule has 0 aliphatic carbocycles. The van der Waals surface area contributed by atoms with Crippen molar-refractivity contribution < 1.29 is 4.79 Å². The first-order chi connectivity index (χ1) is 9.74. The van der Waals surface area contributed by atoms with Crippen molar-refractivity contribution >= 4 is 22.5 Å². The Labute approximate surface area is 124 Å². The molecule has 4 nitrogen and oxygen atoms in total. The van der Waals surface area contributed by atoms with Gasteiger partial charge in [0.15, 0.2) is 0 Å². The van der Waals surface area contributed by atoms with Crippen LogP contribution in [0.3, 0.4) is 0 Å². The molecule has 0 radical (unpaired) electrons. The molecule has 1 aromatic heterocycles. The summed E-state index contributed by atoms with van der Waals surface area (Å²) < 4.78 is 1.72. The standard InChI is InChI=1S/C17H22N2O2/c1-6-19-14-10-12(18-16(21)17(3,4)5)7-8-13(14)11(2)9-15(19)20/h7-10H,6H2,1-5H3,(H,18,21). The first-order valence-corrected chi connectivity index (χ1v) is 7.19. The van der Waals surface area contributed by atoms with Gasteiger partial charge in [-0.1, -0.05) is 26.8 Å². The molecular weight excluding hydrogens is 264 g/mol. The number of pyridine rings is 1. The Bertz CT molecular complexity index is 752. The second-order valence-electron chi connectivity index (χ2n) is 6.35. The van der Waals surface area contributed by atoms with Gasteiger partial charge in [0.25, 0.3) is 5.56 Å². The Morgan fingerprint density at radius 2 is 1.90 bits per heavy atom. The van der Waals surface area contributed by atoms with E-state index in [1.54, 1.807) is 10.6 Å². The highest BCUT2D eigenvalue weighted by atomic mass is 16.2. The fourth-order valence-corrected chi connectivity index (χ4v) is 2.27. The Hall–Kier alpha value is -2.10. The molecule has 0 aliphatic heterocycles. The van der Waals surface area contributed by atoms with Gasteiger partial charge in [-0.2, -0.15) is 0 Å². The van der Waals surface area contributed by atoms with Crippen LogP contribution in [0.4, 0.5) is 5.69 Å². The van der Waals surface area contributed by atoms with E-state index < -0.39 is 5.41 Å². The number of amides is 1. The van der Waals surface area contributed by atoms with E-state index in [1.165, 1.54) is 0 Å². The zero-order valence-electron chi connectivity index (χ0n) is 13.3. The molecule has 2 aromatic rings. The zero-order chi connectivity index (χ0) is 15.8. The molecule has 0 unspecified atom stereocenters. The maximum absolute atomic E-state index is 12.1. The SMILES string of the molecule is CCn1c(=O)cc(C)c2ccc(NC(=O)C(C)(C)C)cc21. The van der Waals surface area contributed by atoms with E-state index in [0.717, 1.165) is 22.2 Å². The second-order valence-corrected chi connectivity index (χ2v) is 6.35. The fourth-order valence-electron chi connectivity index (χ4n) is 2.27. The molecule has 0 aliphatic rings. The summed E-state index contributed by atoms with van der Waals surface area (Å²) in [6.45, 7) is 10.1. The summed E-state index contributed by atoms with van der Waals surface area (Å²) in [5.74, 6) is -0.0418. The first kappa shape index (κ1) is 15.3. The summed E-state index contributed by atoms with van der Waals surface area (Å²) in [4.78, 5) is 24.1. The molecule has 0 bridgehead atoms. The first-order valence-electron chi connectivity index (χ1n) is 7.19. The van der Waals surface area contributed by atoms with Crippen molar-refractivity contribution in [2.75, 3.05) is 5.32 Å². The molecular formula is C17H22N2O2. The van der Waals surface area contributed by atoms with Gasteiger partial charge in [-0.3, -0.25) is 9.59 Å². The van der Waals surface area contributed by atoms with Crippen molar-refractivity contribution in [3.8, 4) is 0 Å². The highest BCUT2D eigenvalue weighted by Crippen LogP contribution is 2.23. The Morgan fingerprint density at radius 3 is 2.48 bits per heavy atom. The van der Waals surface area contributed by atoms with Gasteiger partial charge in [0.2, 0.25) is 5.91 Å². The van der Waals surface area contributed by atoms with Gasteiger partial charge in [-0.25, -0.2) is 0 Å². The number of carbonyl (C=O) groups is 1. The highest BCUT2D eigenvalue weighted by molar-refractivity contribution is 5.96. The van der Waals surface area contributed by atoms with E-state index in [0.29, 0.717) is 6.54 Å². The Kier molecular flexibility index (Phi) is 3.90. The smallest absolute Gasteiger partial charge is 0.251 e. The number of carbonyl (C=O) groups excluding carboxylic acids is 1. The zero-order valence-corrected chi connectivity index (χ0v) is 13.3. The van der Waals surface area contributed by atoms with Crippen LogP contribution >= 0.6 is 0 Å². The van der Waals surface area contributed by atoms with E-state index in [-0.39, 0.29) is 11.5 Å². The van der Waals surface area contributed by atoms with Gasteiger partial charge < -0.3 is 9.88 Å². The maximum Gasteiger partial charge on any atom is 0.251 e. The van der Waals surface area contributed by atoms with E-state index >= 15 is 0 Å². The molecule has 112 valence electrons. The van der Waals surface area contributed by atoms with Crippen molar-refractivity contribution in [2.45, 2.75) is 41.2 Å². The van der Waals surface area contributed by atoms with Crippen LogP contribution < -0.4 is 10.9 Å². The number of anilines is 1. The Balaban J connectivity index is 2.55. The lowest BCUT2D eigenvalue weighted by atomic mass is 9.95. The number of rotatable bonds is 2. The van der Waals surface area contributed by atoms with Crippen molar-refractivity contribution in [1.29, 1.82) is 0 Å². The summed E-state index contributed by atoms with van der Waals surface area (Å²) in [6.07, 6.45) is 0. The number of hydrogen-bond acceptors (Lipinski definition) is 2. The predicted octanol–water partition coefficient (Wildman–Crippen LogP) is 3.31. The average molecular weight is 286 g/mol. The number of benzene rings is 1. The minimum Gasteiger partial charge on any atom is -0.326 e. The summed E-state index contributed by atoms with van der Waals surface area (Å²) >= 11 is 0. The number of fused-ring (bicyclic) bond motifs is 1. The van der Waals surface area contributed by atoms with Crippen LogP contribution in [0, 0.1) is 12.3 Å². The van der Waals surface area contributed by atoms with E-state index in [9.17, 15) is 9.59 Å². The van der Waals surface area contributed by atoms with Crippen molar-refractivity contribution in [3.63, 3.8) is 0 Å². The van der Waals surface area contributed by atoms with Crippen LogP contribution in [-0.2, 0) is 11.3 Å². The highest BCUT2D eigenvalue weighted by Gasteiger charge is 2.21. The van der Waals surface area contributed by atoms with Crippen molar-refractivity contribution in [2.24, 2.45) is 5.41 Å². The van der Waals surface area contributed by atoms with E-state index in [1.807, 2.05) is 52.8 Å². The van der Waals surface area contributed by atoms with Crippen LogP contribution in [0.15, 0.2) is 29.1 Å². The molecule has 4 heteroatoms. The third-order valence-corrected chi connectivity index (χ3v) is 3.57. The molecule has 0 fully saturated rings. The van der Waals surface area contributed by atoms with Crippen LogP contribution in [-0.4, -0.2) is 10.5 Å². The van der Waals surface area contributed by atoms with Gasteiger partial charge in [-0.05, 0) is 31.5 Å². The van der Waals surface area contributed by atoms with Crippen molar-refractivity contribution in [1.82, 2.24) is 4.57 Å². The molecule has 0 spiro atoms. The summed E-state index contributed by atoms with van der Waals surface area (Å²) in [6, 6.07) is 7.36. The molecule has 21 heavy (non-hydrogen) atoms. The molecule has 1 aromatic carbocycles. The number of aromatic nitrogens is 1. The molecule has 0 saturated heterocycles. The summed E-state index contributed by atoms with van der Waals surface area (Å²) in [7, 11) is 0. The number of aryl methyl sites for hydroxylation is 2. The van der Waals surface area contributed by atoms with Crippen LogP contribution in [0.2, 0.25) is 0 Å². The third kappa shape index (κ3) is 2.99. The molecule has 0 atom stereocenters. The van der Waals surface area contributed by atoms with Crippen LogP contribution in [0.25, 0.3) is 10.9 Å². The molecule has 2 rings (SSSR count). The third-order valence-electron chi connectivity index (χ3n) is 3.57. The van der Waals surface area contributed by atoms with Gasteiger partial charge in [0.05, 0.1) is 5.52 Å². The van der Waals surface area contributed by atoms with Gasteiger partial charge >= 0.3 is 0 Å². The lowest BCUT2D eigenvalue weighted by molar-refractivity contribution is -0.123.